The van der Waals surface area contributed by atoms with Gasteiger partial charge in [-0.05, 0) is 61.4 Å². The normalized spacial score (nSPS) is 11.9. The van der Waals surface area contributed by atoms with Crippen LogP contribution in [-0.4, -0.2) is 26.1 Å². The molecule has 0 atom stereocenters. The van der Waals surface area contributed by atoms with Crippen molar-refractivity contribution in [2.75, 3.05) is 18.0 Å². The van der Waals surface area contributed by atoms with Gasteiger partial charge in [0, 0.05) is 18.8 Å². The van der Waals surface area contributed by atoms with Gasteiger partial charge in [-0.1, -0.05) is 78.1 Å². The van der Waals surface area contributed by atoms with E-state index in [0.717, 1.165) is 18.8 Å². The maximum absolute atomic E-state index is 11.2. The highest BCUT2D eigenvalue weighted by molar-refractivity contribution is 7.85. The van der Waals surface area contributed by atoms with Gasteiger partial charge in [-0.25, -0.2) is 0 Å². The van der Waals surface area contributed by atoms with Crippen LogP contribution in [0.3, 0.4) is 0 Å². The van der Waals surface area contributed by atoms with Crippen molar-refractivity contribution in [1.82, 2.24) is 0 Å². The van der Waals surface area contributed by atoms with Gasteiger partial charge in [0.25, 0.3) is 10.1 Å². The lowest BCUT2D eigenvalue weighted by atomic mass is 10.1. The number of unbranched alkanes of at least 4 members (excludes halogenated alkanes) is 10. The van der Waals surface area contributed by atoms with Crippen molar-refractivity contribution in [2.45, 2.75) is 95.8 Å². The molecule has 0 spiro atoms. The van der Waals surface area contributed by atoms with Crippen LogP contribution in [0.2, 0.25) is 0 Å². The van der Waals surface area contributed by atoms with Gasteiger partial charge < -0.3 is 4.90 Å². The monoisotopic (exact) mass is 501 g/mol. The highest BCUT2D eigenvalue weighted by Gasteiger charge is 2.09. The Morgan fingerprint density at radius 1 is 0.629 bits per heavy atom. The Kier molecular flexibility index (Phi) is 13.6. The highest BCUT2D eigenvalue weighted by Crippen LogP contribution is 2.24. The molecule has 0 aliphatic heterocycles. The first-order valence-corrected chi connectivity index (χ1v) is 14.7. The van der Waals surface area contributed by atoms with Crippen LogP contribution in [0.4, 0.5) is 17.1 Å². The van der Waals surface area contributed by atoms with Crippen molar-refractivity contribution in [1.29, 1.82) is 0 Å². The van der Waals surface area contributed by atoms with Crippen LogP contribution in [0.5, 0.6) is 0 Å². The molecule has 2 aromatic rings. The molecule has 0 radical (unpaired) electrons. The van der Waals surface area contributed by atoms with Crippen molar-refractivity contribution in [3.05, 3.63) is 48.5 Å². The van der Waals surface area contributed by atoms with E-state index < -0.39 is 10.1 Å². The Hall–Kier alpha value is -2.25. The minimum Gasteiger partial charge on any atom is -0.372 e. The first kappa shape index (κ1) is 29.0. The molecule has 0 amide bonds. The van der Waals surface area contributed by atoms with E-state index in [1.165, 1.54) is 107 Å². The number of azo groups is 1. The Balaban J connectivity index is 1.94. The Labute approximate surface area is 212 Å². The SMILES string of the molecule is CCCCCCCCN(CCCCCCCC)c1ccc(/N=N/c2ccc(S(=O)(=O)O)cc2)cc1. The number of nitrogens with zero attached hydrogens (tertiary/aromatic N) is 3. The standard InChI is InChI=1S/C28H43N3O3S/c1-3-5-7-9-11-13-23-31(24-14-12-10-8-6-4-2)27-19-15-25(16-20-27)29-30-26-17-21-28(22-18-26)35(32,33)34/h15-22H,3-14,23-24H2,1-2H3,(H,32,33,34)/b30-29+. The van der Waals surface area contributed by atoms with E-state index in [4.69, 9.17) is 4.55 Å². The maximum Gasteiger partial charge on any atom is 0.294 e. The Bertz CT molecular complexity index is 942. The van der Waals surface area contributed by atoms with Crippen LogP contribution >= 0.6 is 0 Å². The predicted molar refractivity (Wildman–Crippen MR) is 146 cm³/mol. The zero-order chi connectivity index (χ0) is 25.4. The van der Waals surface area contributed by atoms with Crippen molar-refractivity contribution in [3.8, 4) is 0 Å². The maximum atomic E-state index is 11.2. The first-order chi connectivity index (χ1) is 16.9. The second-order valence-corrected chi connectivity index (χ2v) is 10.6. The number of anilines is 1. The van der Waals surface area contributed by atoms with E-state index in [0.29, 0.717) is 5.69 Å². The quantitative estimate of drug-likeness (QED) is 0.126. The summed E-state index contributed by atoms with van der Waals surface area (Å²) in [4.78, 5) is 2.35. The fourth-order valence-corrected chi connectivity index (χ4v) is 4.55. The van der Waals surface area contributed by atoms with Crippen molar-refractivity contribution in [2.24, 2.45) is 10.2 Å². The minimum absolute atomic E-state index is 0.156. The summed E-state index contributed by atoms with van der Waals surface area (Å²) in [5.41, 5.74) is 2.49. The topological polar surface area (TPSA) is 82.3 Å². The Morgan fingerprint density at radius 3 is 1.46 bits per heavy atom. The zero-order valence-corrected chi connectivity index (χ0v) is 22.3. The van der Waals surface area contributed by atoms with Gasteiger partial charge in [-0.15, -0.1) is 0 Å². The van der Waals surface area contributed by atoms with Gasteiger partial charge in [0.05, 0.1) is 16.3 Å². The average molecular weight is 502 g/mol. The smallest absolute Gasteiger partial charge is 0.294 e. The van der Waals surface area contributed by atoms with Crippen LogP contribution in [0, 0.1) is 0 Å². The van der Waals surface area contributed by atoms with E-state index >= 15 is 0 Å². The molecular formula is C28H43N3O3S. The summed E-state index contributed by atoms with van der Waals surface area (Å²) in [6, 6.07) is 13.8. The molecule has 2 rings (SSSR count). The van der Waals surface area contributed by atoms with Gasteiger partial charge in [0.2, 0.25) is 0 Å². The molecule has 0 bridgehead atoms. The molecule has 0 fully saturated rings. The average Bonchev–Trinajstić information content (AvgIpc) is 2.85. The third-order valence-electron chi connectivity index (χ3n) is 6.19. The molecule has 0 aliphatic carbocycles. The van der Waals surface area contributed by atoms with E-state index in [1.807, 2.05) is 12.1 Å². The lowest BCUT2D eigenvalue weighted by Crippen LogP contribution is -2.25. The summed E-state index contributed by atoms with van der Waals surface area (Å²) in [5.74, 6) is 0. The minimum atomic E-state index is -4.20. The summed E-state index contributed by atoms with van der Waals surface area (Å²) in [6.45, 7) is 6.68. The molecule has 1 N–H and O–H groups in total. The largest absolute Gasteiger partial charge is 0.372 e. The fourth-order valence-electron chi connectivity index (χ4n) is 4.07. The van der Waals surface area contributed by atoms with Crippen LogP contribution < -0.4 is 4.90 Å². The molecular weight excluding hydrogens is 458 g/mol. The van der Waals surface area contributed by atoms with Gasteiger partial charge >= 0.3 is 0 Å². The summed E-state index contributed by atoms with van der Waals surface area (Å²) < 4.78 is 31.4. The summed E-state index contributed by atoms with van der Waals surface area (Å²) in [7, 11) is -4.20. The third-order valence-corrected chi connectivity index (χ3v) is 7.06. The van der Waals surface area contributed by atoms with Crippen molar-refractivity contribution in [3.63, 3.8) is 0 Å². The number of rotatable bonds is 18. The van der Waals surface area contributed by atoms with E-state index in [-0.39, 0.29) is 4.90 Å². The Morgan fingerprint density at radius 2 is 1.03 bits per heavy atom. The van der Waals surface area contributed by atoms with Gasteiger partial charge in [-0.3, -0.25) is 4.55 Å². The molecule has 194 valence electrons. The van der Waals surface area contributed by atoms with Gasteiger partial charge in [0.15, 0.2) is 0 Å². The second kappa shape index (κ2) is 16.4. The molecule has 0 aromatic heterocycles. The van der Waals surface area contributed by atoms with E-state index in [2.05, 4.69) is 41.1 Å². The van der Waals surface area contributed by atoms with E-state index in [1.54, 1.807) is 0 Å². The van der Waals surface area contributed by atoms with Gasteiger partial charge in [-0.2, -0.15) is 18.6 Å². The fraction of sp³-hybridized carbons (Fsp3) is 0.571. The number of benzene rings is 2. The molecule has 0 unspecified atom stereocenters. The molecule has 0 aliphatic rings. The molecule has 0 saturated carbocycles. The third kappa shape index (κ3) is 11.8. The summed E-state index contributed by atoms with van der Waals surface area (Å²) in [5, 5.41) is 8.45. The summed E-state index contributed by atoms with van der Waals surface area (Å²) in [6.07, 6.45) is 15.6. The zero-order valence-electron chi connectivity index (χ0n) is 21.5. The molecule has 7 heteroatoms. The first-order valence-electron chi connectivity index (χ1n) is 13.3. The predicted octanol–water partition coefficient (Wildman–Crippen LogP) is 8.88. The van der Waals surface area contributed by atoms with Gasteiger partial charge in [0.1, 0.15) is 0 Å². The lowest BCUT2D eigenvalue weighted by Gasteiger charge is -2.25. The number of hydrogen-bond acceptors (Lipinski definition) is 5. The van der Waals surface area contributed by atoms with Crippen molar-refractivity contribution >= 4 is 27.2 Å². The molecule has 0 saturated heterocycles. The second-order valence-electron chi connectivity index (χ2n) is 9.21. The molecule has 35 heavy (non-hydrogen) atoms. The lowest BCUT2D eigenvalue weighted by molar-refractivity contribution is 0.483. The highest BCUT2D eigenvalue weighted by atomic mass is 32.2. The van der Waals surface area contributed by atoms with Crippen LogP contribution in [0.1, 0.15) is 90.9 Å². The van der Waals surface area contributed by atoms with Crippen LogP contribution in [0.25, 0.3) is 0 Å². The number of hydrogen-bond donors (Lipinski definition) is 1. The van der Waals surface area contributed by atoms with Crippen LogP contribution in [0.15, 0.2) is 63.7 Å². The molecule has 6 nitrogen and oxygen atoms in total. The van der Waals surface area contributed by atoms with Crippen LogP contribution in [-0.2, 0) is 10.1 Å². The van der Waals surface area contributed by atoms with Crippen molar-refractivity contribution < 1.29 is 13.0 Å². The summed E-state index contributed by atoms with van der Waals surface area (Å²) >= 11 is 0. The molecule has 0 heterocycles. The van der Waals surface area contributed by atoms with E-state index in [9.17, 15) is 8.42 Å². The molecule has 2 aromatic carbocycles.